The van der Waals surface area contributed by atoms with Gasteiger partial charge in [0.25, 0.3) is 0 Å². The van der Waals surface area contributed by atoms with Crippen LogP contribution in [0.2, 0.25) is 0 Å². The summed E-state index contributed by atoms with van der Waals surface area (Å²) in [5.41, 5.74) is 0. The fraction of sp³-hybridized carbons (Fsp3) is 0.929. The summed E-state index contributed by atoms with van der Waals surface area (Å²) in [5.74, 6) is 0.712. The fourth-order valence-corrected chi connectivity index (χ4v) is 2.91. The number of rotatable bonds is 6. The molecule has 3 atom stereocenters. The number of likely N-dealkylation sites (N-methyl/N-ethyl adjacent to an activating group) is 1. The Morgan fingerprint density at radius 3 is 2.74 bits per heavy atom. The highest BCUT2D eigenvalue weighted by Gasteiger charge is 2.36. The summed E-state index contributed by atoms with van der Waals surface area (Å²) in [7, 11) is 0. The number of hydrogen-bond acceptors (Lipinski definition) is 4. The van der Waals surface area contributed by atoms with Gasteiger partial charge in [0.2, 0.25) is 5.91 Å². The molecule has 0 radical (unpaired) electrons. The van der Waals surface area contributed by atoms with Gasteiger partial charge >= 0.3 is 0 Å². The first kappa shape index (κ1) is 14.8. The molecule has 0 bridgehead atoms. The number of nitrogens with zero attached hydrogens (tertiary/aromatic N) is 1. The average molecular weight is 270 g/mol. The van der Waals surface area contributed by atoms with Gasteiger partial charge < -0.3 is 19.7 Å². The average Bonchev–Trinajstić information content (AvgIpc) is 3.06. The molecule has 1 N–H and O–H groups in total. The lowest BCUT2D eigenvalue weighted by Crippen LogP contribution is -2.47. The summed E-state index contributed by atoms with van der Waals surface area (Å²) in [4.78, 5) is 14.6. The molecule has 2 saturated heterocycles. The van der Waals surface area contributed by atoms with Gasteiger partial charge in [-0.1, -0.05) is 6.92 Å². The molecular formula is C14H26N2O3. The van der Waals surface area contributed by atoms with E-state index < -0.39 is 0 Å². The highest BCUT2D eigenvalue weighted by atomic mass is 16.5. The van der Waals surface area contributed by atoms with E-state index in [9.17, 15) is 4.79 Å². The van der Waals surface area contributed by atoms with E-state index in [1.165, 1.54) is 0 Å². The van der Waals surface area contributed by atoms with Gasteiger partial charge in [-0.05, 0) is 19.9 Å². The minimum Gasteiger partial charge on any atom is -0.381 e. The maximum Gasteiger partial charge on any atom is 0.229 e. The van der Waals surface area contributed by atoms with Crippen molar-refractivity contribution in [3.8, 4) is 0 Å². The van der Waals surface area contributed by atoms with Crippen LogP contribution in [0.5, 0.6) is 0 Å². The van der Waals surface area contributed by atoms with Crippen LogP contribution in [0.3, 0.4) is 0 Å². The van der Waals surface area contributed by atoms with E-state index >= 15 is 0 Å². The molecule has 110 valence electrons. The maximum atomic E-state index is 12.6. The monoisotopic (exact) mass is 270 g/mol. The molecule has 19 heavy (non-hydrogen) atoms. The highest BCUT2D eigenvalue weighted by Crippen LogP contribution is 2.20. The zero-order valence-electron chi connectivity index (χ0n) is 12.1. The molecule has 0 saturated carbocycles. The lowest BCUT2D eigenvalue weighted by Gasteiger charge is -2.28. The van der Waals surface area contributed by atoms with E-state index in [1.54, 1.807) is 0 Å². The van der Waals surface area contributed by atoms with Crippen LogP contribution in [-0.2, 0) is 14.3 Å². The van der Waals surface area contributed by atoms with Crippen LogP contribution in [0.15, 0.2) is 0 Å². The van der Waals surface area contributed by atoms with Gasteiger partial charge in [-0.2, -0.15) is 0 Å². The third kappa shape index (κ3) is 3.68. The molecule has 0 aromatic rings. The lowest BCUT2D eigenvalue weighted by molar-refractivity contribution is -0.136. The Hall–Kier alpha value is -0.650. The SMILES string of the molecule is CCNC1COCC1C(=O)N(CC)CC1CCOC1. The Labute approximate surface area is 115 Å². The van der Waals surface area contributed by atoms with Crippen molar-refractivity contribution in [3.05, 3.63) is 0 Å². The quantitative estimate of drug-likeness (QED) is 0.763. The molecule has 0 aliphatic carbocycles. The maximum absolute atomic E-state index is 12.6. The fourth-order valence-electron chi connectivity index (χ4n) is 2.91. The number of nitrogens with one attached hydrogen (secondary N) is 1. The van der Waals surface area contributed by atoms with Crippen LogP contribution < -0.4 is 5.32 Å². The Bertz CT molecular complexity index is 292. The van der Waals surface area contributed by atoms with Crippen LogP contribution in [0, 0.1) is 11.8 Å². The minimum absolute atomic E-state index is 0.0257. The van der Waals surface area contributed by atoms with Crippen molar-refractivity contribution < 1.29 is 14.3 Å². The van der Waals surface area contributed by atoms with E-state index in [-0.39, 0.29) is 17.9 Å². The summed E-state index contributed by atoms with van der Waals surface area (Å²) < 4.78 is 10.9. The van der Waals surface area contributed by atoms with E-state index in [0.29, 0.717) is 19.1 Å². The summed E-state index contributed by atoms with van der Waals surface area (Å²) >= 11 is 0. The molecular weight excluding hydrogens is 244 g/mol. The third-order valence-corrected chi connectivity index (χ3v) is 4.06. The molecule has 0 aromatic heterocycles. The van der Waals surface area contributed by atoms with Crippen LogP contribution in [0.4, 0.5) is 0 Å². The second-order valence-electron chi connectivity index (χ2n) is 5.41. The number of carbonyl (C=O) groups is 1. The zero-order chi connectivity index (χ0) is 13.7. The zero-order valence-corrected chi connectivity index (χ0v) is 12.1. The van der Waals surface area contributed by atoms with Gasteiger partial charge in [-0.25, -0.2) is 0 Å². The third-order valence-electron chi connectivity index (χ3n) is 4.06. The van der Waals surface area contributed by atoms with E-state index in [4.69, 9.17) is 9.47 Å². The minimum atomic E-state index is -0.0257. The van der Waals surface area contributed by atoms with Gasteiger partial charge in [0, 0.05) is 31.7 Å². The smallest absolute Gasteiger partial charge is 0.229 e. The summed E-state index contributed by atoms with van der Waals surface area (Å²) in [5, 5.41) is 3.35. The van der Waals surface area contributed by atoms with Crippen molar-refractivity contribution in [3.63, 3.8) is 0 Å². The van der Waals surface area contributed by atoms with Crippen LogP contribution in [0.1, 0.15) is 20.3 Å². The van der Waals surface area contributed by atoms with Gasteiger partial charge in [-0.3, -0.25) is 4.79 Å². The van der Waals surface area contributed by atoms with Crippen LogP contribution >= 0.6 is 0 Å². The second kappa shape index (κ2) is 7.22. The summed E-state index contributed by atoms with van der Waals surface area (Å²) in [6.07, 6.45) is 1.07. The largest absolute Gasteiger partial charge is 0.381 e. The molecule has 2 rings (SSSR count). The van der Waals surface area contributed by atoms with Gasteiger partial charge in [0.15, 0.2) is 0 Å². The van der Waals surface area contributed by atoms with Crippen molar-refractivity contribution in [1.82, 2.24) is 10.2 Å². The van der Waals surface area contributed by atoms with Crippen molar-refractivity contribution >= 4 is 5.91 Å². The van der Waals surface area contributed by atoms with Gasteiger partial charge in [0.1, 0.15) is 0 Å². The first-order chi connectivity index (χ1) is 9.26. The number of carbonyl (C=O) groups excluding carboxylic acids is 1. The first-order valence-electron chi connectivity index (χ1n) is 7.43. The molecule has 1 amide bonds. The molecule has 5 heteroatoms. The summed E-state index contributed by atoms with van der Waals surface area (Å²) in [6, 6.07) is 0.173. The van der Waals surface area contributed by atoms with Crippen molar-refractivity contribution in [2.75, 3.05) is 46.1 Å². The number of hydrogen-bond donors (Lipinski definition) is 1. The molecule has 0 aromatic carbocycles. The molecule has 0 spiro atoms. The van der Waals surface area contributed by atoms with Gasteiger partial charge in [0.05, 0.1) is 25.7 Å². The van der Waals surface area contributed by atoms with Crippen molar-refractivity contribution in [2.24, 2.45) is 11.8 Å². The van der Waals surface area contributed by atoms with E-state index in [1.807, 2.05) is 11.8 Å². The summed E-state index contributed by atoms with van der Waals surface area (Å²) in [6.45, 7) is 9.40. The molecule has 5 nitrogen and oxygen atoms in total. The topological polar surface area (TPSA) is 50.8 Å². The highest BCUT2D eigenvalue weighted by molar-refractivity contribution is 5.80. The molecule has 2 heterocycles. The van der Waals surface area contributed by atoms with Gasteiger partial charge in [-0.15, -0.1) is 0 Å². The first-order valence-corrected chi connectivity index (χ1v) is 7.43. The Balaban J connectivity index is 1.91. The molecule has 2 fully saturated rings. The Kier molecular flexibility index (Phi) is 5.60. The predicted octanol–water partition coefficient (Wildman–Crippen LogP) is 0.496. The van der Waals surface area contributed by atoms with E-state index in [0.717, 1.165) is 39.3 Å². The van der Waals surface area contributed by atoms with Crippen molar-refractivity contribution in [1.29, 1.82) is 0 Å². The Morgan fingerprint density at radius 1 is 1.26 bits per heavy atom. The second-order valence-corrected chi connectivity index (χ2v) is 5.41. The molecule has 3 unspecified atom stereocenters. The normalized spacial score (nSPS) is 30.7. The standard InChI is InChI=1S/C14H26N2O3/c1-3-15-13-10-19-9-12(13)14(17)16(4-2)7-11-5-6-18-8-11/h11-13,15H,3-10H2,1-2H3. The lowest BCUT2D eigenvalue weighted by atomic mass is 10.0. The molecule has 2 aliphatic heterocycles. The number of ether oxygens (including phenoxy) is 2. The van der Waals surface area contributed by atoms with Crippen molar-refractivity contribution in [2.45, 2.75) is 26.3 Å². The van der Waals surface area contributed by atoms with E-state index in [2.05, 4.69) is 12.2 Å². The predicted molar refractivity (Wildman–Crippen MR) is 73.0 cm³/mol. The molecule has 2 aliphatic rings. The number of amides is 1. The van der Waals surface area contributed by atoms with Crippen LogP contribution in [0.25, 0.3) is 0 Å². The Morgan fingerprint density at radius 2 is 2.11 bits per heavy atom. The van der Waals surface area contributed by atoms with Crippen LogP contribution in [-0.4, -0.2) is 62.9 Å².